The molecule has 1 aliphatic carbocycles. The van der Waals surface area contributed by atoms with Crippen LogP contribution in [0.4, 0.5) is 8.78 Å². The summed E-state index contributed by atoms with van der Waals surface area (Å²) in [5.41, 5.74) is 1.86. The second-order valence-corrected chi connectivity index (χ2v) is 7.60. The van der Waals surface area contributed by atoms with Gasteiger partial charge < -0.3 is 4.74 Å². The van der Waals surface area contributed by atoms with Crippen LogP contribution in [0.1, 0.15) is 56.9 Å². The fourth-order valence-corrected chi connectivity index (χ4v) is 4.38. The SMILES string of the molecule is CCCC1CCC(c2ccc(-c3ccc(OC)c(F)c3F)c(Cl)c2)CC1. The van der Waals surface area contributed by atoms with Gasteiger partial charge in [0.05, 0.1) is 7.11 Å². The van der Waals surface area contributed by atoms with Gasteiger partial charge in [-0.15, -0.1) is 0 Å². The van der Waals surface area contributed by atoms with Crippen molar-refractivity contribution in [3.63, 3.8) is 0 Å². The highest BCUT2D eigenvalue weighted by atomic mass is 35.5. The van der Waals surface area contributed by atoms with Crippen LogP contribution in [0.15, 0.2) is 30.3 Å². The zero-order valence-electron chi connectivity index (χ0n) is 15.3. The molecule has 0 saturated heterocycles. The molecule has 4 heteroatoms. The zero-order valence-corrected chi connectivity index (χ0v) is 16.1. The van der Waals surface area contributed by atoms with Gasteiger partial charge in [-0.2, -0.15) is 4.39 Å². The van der Waals surface area contributed by atoms with Gasteiger partial charge in [0.1, 0.15) is 0 Å². The second kappa shape index (κ2) is 8.39. The third-order valence-electron chi connectivity index (χ3n) is 5.57. The molecule has 0 heterocycles. The quantitative estimate of drug-likeness (QED) is 0.527. The van der Waals surface area contributed by atoms with Crippen LogP contribution >= 0.6 is 11.6 Å². The number of methoxy groups -OCH3 is 1. The normalized spacial score (nSPS) is 20.2. The lowest BCUT2D eigenvalue weighted by atomic mass is 9.77. The molecule has 0 bridgehead atoms. The largest absolute Gasteiger partial charge is 0.494 e. The summed E-state index contributed by atoms with van der Waals surface area (Å²) >= 11 is 6.44. The van der Waals surface area contributed by atoms with Crippen LogP contribution in [0.3, 0.4) is 0 Å². The topological polar surface area (TPSA) is 9.23 Å². The molecule has 1 nitrogen and oxygen atoms in total. The Morgan fingerprint density at radius 2 is 1.69 bits per heavy atom. The molecule has 26 heavy (non-hydrogen) atoms. The molecular formula is C22H25ClF2O. The lowest BCUT2D eigenvalue weighted by molar-refractivity contribution is 0.308. The molecule has 0 aliphatic heterocycles. The van der Waals surface area contributed by atoms with Crippen LogP contribution in [0.2, 0.25) is 5.02 Å². The van der Waals surface area contributed by atoms with Crippen molar-refractivity contribution in [3.8, 4) is 16.9 Å². The van der Waals surface area contributed by atoms with Crippen molar-refractivity contribution in [2.45, 2.75) is 51.4 Å². The first-order chi connectivity index (χ1) is 12.5. The number of hydrogen-bond donors (Lipinski definition) is 0. The number of ether oxygens (including phenoxy) is 1. The molecule has 140 valence electrons. The molecule has 0 amide bonds. The molecule has 0 aromatic heterocycles. The van der Waals surface area contributed by atoms with E-state index in [4.69, 9.17) is 16.3 Å². The summed E-state index contributed by atoms with van der Waals surface area (Å²) in [7, 11) is 1.31. The van der Waals surface area contributed by atoms with Crippen molar-refractivity contribution in [2.24, 2.45) is 5.92 Å². The van der Waals surface area contributed by atoms with Crippen LogP contribution in [0.25, 0.3) is 11.1 Å². The minimum absolute atomic E-state index is 0.108. The maximum Gasteiger partial charge on any atom is 0.201 e. The standard InChI is InChI=1S/C22H25ClF2O/c1-3-4-14-5-7-15(8-6-14)16-9-10-17(19(23)13-16)18-11-12-20(26-2)22(25)21(18)24/h9-15H,3-8H2,1-2H3. The van der Waals surface area contributed by atoms with Gasteiger partial charge in [0, 0.05) is 16.1 Å². The van der Waals surface area contributed by atoms with Crippen molar-refractivity contribution < 1.29 is 13.5 Å². The summed E-state index contributed by atoms with van der Waals surface area (Å²) < 4.78 is 33.2. The Morgan fingerprint density at radius 3 is 2.31 bits per heavy atom. The summed E-state index contributed by atoms with van der Waals surface area (Å²) in [5, 5.41) is 0.460. The van der Waals surface area contributed by atoms with Crippen LogP contribution in [-0.4, -0.2) is 7.11 Å². The maximum absolute atomic E-state index is 14.4. The van der Waals surface area contributed by atoms with Crippen molar-refractivity contribution in [1.29, 1.82) is 0 Å². The smallest absolute Gasteiger partial charge is 0.201 e. The minimum atomic E-state index is -0.987. The lowest BCUT2D eigenvalue weighted by Crippen LogP contribution is -2.13. The Kier molecular flexibility index (Phi) is 6.18. The molecule has 3 rings (SSSR count). The molecular weight excluding hydrogens is 354 g/mol. The van der Waals surface area contributed by atoms with Gasteiger partial charge in [-0.05, 0) is 61.3 Å². The van der Waals surface area contributed by atoms with Gasteiger partial charge in [0.2, 0.25) is 5.82 Å². The average molecular weight is 379 g/mol. The molecule has 1 fully saturated rings. The Hall–Kier alpha value is -1.61. The van der Waals surface area contributed by atoms with E-state index in [1.165, 1.54) is 63.3 Å². The van der Waals surface area contributed by atoms with Crippen molar-refractivity contribution in [1.82, 2.24) is 0 Å². The van der Waals surface area contributed by atoms with Gasteiger partial charge >= 0.3 is 0 Å². The summed E-state index contributed by atoms with van der Waals surface area (Å²) in [4.78, 5) is 0. The molecule has 0 N–H and O–H groups in total. The first-order valence-electron chi connectivity index (χ1n) is 9.37. The first kappa shape index (κ1) is 19.2. The highest BCUT2D eigenvalue weighted by molar-refractivity contribution is 6.33. The first-order valence-corrected chi connectivity index (χ1v) is 9.74. The molecule has 1 saturated carbocycles. The van der Waals surface area contributed by atoms with E-state index in [9.17, 15) is 8.78 Å². The lowest BCUT2D eigenvalue weighted by Gasteiger charge is -2.29. The zero-order chi connectivity index (χ0) is 18.7. The van der Waals surface area contributed by atoms with Gasteiger partial charge in [0.15, 0.2) is 11.6 Å². The molecule has 1 aliphatic rings. The summed E-state index contributed by atoms with van der Waals surface area (Å²) in [6.45, 7) is 2.24. The maximum atomic E-state index is 14.4. The van der Waals surface area contributed by atoms with Crippen molar-refractivity contribution in [3.05, 3.63) is 52.6 Å². The molecule has 0 spiro atoms. The fraction of sp³-hybridized carbons (Fsp3) is 0.455. The second-order valence-electron chi connectivity index (χ2n) is 7.19. The monoisotopic (exact) mass is 378 g/mol. The molecule has 0 unspecified atom stereocenters. The van der Waals surface area contributed by atoms with Crippen LogP contribution < -0.4 is 4.74 Å². The van der Waals surface area contributed by atoms with Gasteiger partial charge in [-0.25, -0.2) is 4.39 Å². The Morgan fingerprint density at radius 1 is 1.00 bits per heavy atom. The van der Waals surface area contributed by atoms with E-state index >= 15 is 0 Å². The number of halogens is 3. The highest BCUT2D eigenvalue weighted by Crippen LogP contribution is 2.40. The number of hydrogen-bond acceptors (Lipinski definition) is 1. The molecule has 2 aromatic rings. The van der Waals surface area contributed by atoms with Gasteiger partial charge in [0.25, 0.3) is 0 Å². The Bertz CT molecular complexity index is 767. The molecule has 0 atom stereocenters. The van der Waals surface area contributed by atoms with Crippen LogP contribution in [0, 0.1) is 17.6 Å². The Balaban J connectivity index is 1.82. The van der Waals surface area contributed by atoms with E-state index in [1.807, 2.05) is 12.1 Å². The van der Waals surface area contributed by atoms with E-state index in [0.717, 1.165) is 5.92 Å². The van der Waals surface area contributed by atoms with Crippen molar-refractivity contribution >= 4 is 11.6 Å². The van der Waals surface area contributed by atoms with Crippen LogP contribution in [0.5, 0.6) is 5.75 Å². The average Bonchev–Trinajstić information content (AvgIpc) is 2.65. The van der Waals surface area contributed by atoms with E-state index in [2.05, 4.69) is 6.92 Å². The summed E-state index contributed by atoms with van der Waals surface area (Å²) in [5.74, 6) is -0.671. The van der Waals surface area contributed by atoms with Crippen molar-refractivity contribution in [2.75, 3.05) is 7.11 Å². The van der Waals surface area contributed by atoms with E-state index < -0.39 is 11.6 Å². The van der Waals surface area contributed by atoms with E-state index in [1.54, 1.807) is 6.07 Å². The third kappa shape index (κ3) is 3.88. The third-order valence-corrected chi connectivity index (χ3v) is 5.88. The van der Waals surface area contributed by atoms with Gasteiger partial charge in [-0.1, -0.05) is 43.5 Å². The van der Waals surface area contributed by atoms with E-state index in [0.29, 0.717) is 16.5 Å². The van der Waals surface area contributed by atoms with Crippen LogP contribution in [-0.2, 0) is 0 Å². The number of benzene rings is 2. The predicted octanol–water partition coefficient (Wildman–Crippen LogP) is 7.37. The van der Waals surface area contributed by atoms with Gasteiger partial charge in [-0.3, -0.25) is 0 Å². The summed E-state index contributed by atoms with van der Waals surface area (Å²) in [6.07, 6.45) is 7.43. The highest BCUT2D eigenvalue weighted by Gasteiger charge is 2.23. The molecule has 0 radical (unpaired) electrons. The van der Waals surface area contributed by atoms with E-state index in [-0.39, 0.29) is 11.3 Å². The summed E-state index contributed by atoms with van der Waals surface area (Å²) in [6, 6.07) is 8.66. The number of rotatable bonds is 5. The Labute approximate surface area is 159 Å². The predicted molar refractivity (Wildman–Crippen MR) is 103 cm³/mol. The fourth-order valence-electron chi connectivity index (χ4n) is 4.09. The minimum Gasteiger partial charge on any atom is -0.494 e. The molecule has 2 aromatic carbocycles.